The van der Waals surface area contributed by atoms with Gasteiger partial charge in [-0.3, -0.25) is 4.90 Å². The zero-order chi connectivity index (χ0) is 46.1. The molecular formula is C60H73BN2O. The molecule has 2 aliphatic heterocycles. The first-order valence-corrected chi connectivity index (χ1v) is 24.4. The summed E-state index contributed by atoms with van der Waals surface area (Å²) in [6.07, 6.45) is 4.68. The number of benzene rings is 5. The van der Waals surface area contributed by atoms with Crippen LogP contribution in [0.2, 0.25) is 0 Å². The summed E-state index contributed by atoms with van der Waals surface area (Å²) in [6.45, 7) is 40.6. The zero-order valence-corrected chi connectivity index (χ0v) is 42.3. The highest BCUT2D eigenvalue weighted by Crippen LogP contribution is 2.53. The molecule has 0 saturated carbocycles. The number of fused-ring (bicyclic) bond motifs is 8. The third-order valence-corrected chi connectivity index (χ3v) is 16.5. The van der Waals surface area contributed by atoms with Crippen LogP contribution in [0.5, 0.6) is 0 Å². The number of nitrogens with zero attached hydrogens (tertiary/aromatic N) is 2. The van der Waals surface area contributed by atoms with E-state index in [4.69, 9.17) is 4.42 Å². The third kappa shape index (κ3) is 6.49. The molecule has 0 bridgehead atoms. The molecule has 10 rings (SSSR count). The molecule has 4 heteroatoms. The predicted octanol–water partition coefficient (Wildman–Crippen LogP) is 15.1. The molecule has 0 radical (unpaired) electrons. The lowest BCUT2D eigenvalue weighted by Gasteiger charge is -2.45. The maximum absolute atomic E-state index is 7.58. The molecule has 1 aromatic heterocycles. The second kappa shape index (κ2) is 13.5. The van der Waals surface area contributed by atoms with Crippen LogP contribution in [0.15, 0.2) is 89.3 Å². The van der Waals surface area contributed by atoms with E-state index in [0.717, 1.165) is 24.3 Å². The molecule has 0 unspecified atom stereocenters. The van der Waals surface area contributed by atoms with Crippen LogP contribution in [0.4, 0.5) is 34.3 Å². The molecule has 4 aliphatic rings. The van der Waals surface area contributed by atoms with E-state index in [2.05, 4.69) is 212 Å². The predicted molar refractivity (Wildman–Crippen MR) is 277 cm³/mol. The summed E-state index contributed by atoms with van der Waals surface area (Å²) < 4.78 is 7.58. The number of hydrogen-bond donors (Lipinski definition) is 0. The summed E-state index contributed by atoms with van der Waals surface area (Å²) in [5.41, 5.74) is 21.1. The van der Waals surface area contributed by atoms with Crippen molar-refractivity contribution in [2.75, 3.05) is 9.80 Å². The topological polar surface area (TPSA) is 19.6 Å². The number of rotatable bonds is 2. The standard InChI is InChI=1S/C60H73BN2O/c1-54(2,3)36-18-21-39(22-19-36)62-47-25-20-37(55(4,5)6)30-46(47)61-51-41-34-44-45(60(16,17)29-28-59(44,14)15)35-50(41)64-53(51)63(49-32-38(56(7,8)9)31-48(62)52(49)61)40-23-24-42-43(33-40)58(12,13)27-26-57(42,10)11/h18-25,30-35H,26-29H2,1-17H3. The van der Waals surface area contributed by atoms with Crippen LogP contribution in [0.25, 0.3) is 11.0 Å². The summed E-state index contributed by atoms with van der Waals surface area (Å²) >= 11 is 0. The monoisotopic (exact) mass is 849 g/mol. The molecular weight excluding hydrogens is 775 g/mol. The van der Waals surface area contributed by atoms with E-state index in [1.807, 2.05) is 0 Å². The first-order valence-electron chi connectivity index (χ1n) is 24.4. The Kier molecular flexibility index (Phi) is 9.08. The van der Waals surface area contributed by atoms with Crippen LogP contribution in [0.1, 0.15) is 182 Å². The van der Waals surface area contributed by atoms with Crippen molar-refractivity contribution >= 4 is 68.4 Å². The molecule has 5 aromatic carbocycles. The first kappa shape index (κ1) is 43.2. The molecule has 0 fully saturated rings. The average molecular weight is 849 g/mol. The quantitative estimate of drug-likeness (QED) is 0.162. The highest BCUT2D eigenvalue weighted by atomic mass is 16.4. The van der Waals surface area contributed by atoms with Crippen LogP contribution >= 0.6 is 0 Å². The van der Waals surface area contributed by atoms with Gasteiger partial charge in [0.1, 0.15) is 5.58 Å². The van der Waals surface area contributed by atoms with E-state index in [1.54, 1.807) is 0 Å². The summed E-state index contributed by atoms with van der Waals surface area (Å²) in [5.74, 6) is 0.963. The van der Waals surface area contributed by atoms with Gasteiger partial charge < -0.3 is 9.32 Å². The maximum atomic E-state index is 7.58. The van der Waals surface area contributed by atoms with Gasteiger partial charge in [-0.05, 0) is 168 Å². The molecule has 332 valence electrons. The van der Waals surface area contributed by atoms with Gasteiger partial charge in [0.2, 0.25) is 5.88 Å². The summed E-state index contributed by atoms with van der Waals surface area (Å²) in [7, 11) is 0. The normalized spacial score (nSPS) is 19.2. The van der Waals surface area contributed by atoms with Crippen molar-refractivity contribution in [3.63, 3.8) is 0 Å². The second-order valence-corrected chi connectivity index (χ2v) is 26.1. The molecule has 0 N–H and O–H groups in total. The molecule has 6 aromatic rings. The fourth-order valence-electron chi connectivity index (χ4n) is 11.8. The summed E-state index contributed by atoms with van der Waals surface area (Å²) in [4.78, 5) is 5.14. The molecule has 0 saturated heterocycles. The Labute approximate surface area is 386 Å². The largest absolute Gasteiger partial charge is 0.440 e. The van der Waals surface area contributed by atoms with Gasteiger partial charge >= 0.3 is 0 Å². The van der Waals surface area contributed by atoms with E-state index < -0.39 is 0 Å². The Hall–Kier alpha value is -4.70. The van der Waals surface area contributed by atoms with Gasteiger partial charge in [-0.2, -0.15) is 0 Å². The molecule has 2 aliphatic carbocycles. The molecule has 0 amide bonds. The zero-order valence-electron chi connectivity index (χ0n) is 42.3. The van der Waals surface area contributed by atoms with Gasteiger partial charge in [-0.1, -0.05) is 148 Å². The van der Waals surface area contributed by atoms with Gasteiger partial charge in [-0.15, -0.1) is 0 Å². The molecule has 3 heterocycles. The Morgan fingerprint density at radius 3 is 1.48 bits per heavy atom. The average Bonchev–Trinajstić information content (AvgIpc) is 3.57. The van der Waals surface area contributed by atoms with Crippen molar-refractivity contribution in [3.05, 3.63) is 124 Å². The number of hydrogen-bond acceptors (Lipinski definition) is 3. The minimum atomic E-state index is -0.114. The van der Waals surface area contributed by atoms with Gasteiger partial charge in [0.15, 0.2) is 0 Å². The highest BCUT2D eigenvalue weighted by molar-refractivity contribution is 7.01. The Bertz CT molecular complexity index is 2900. The molecule has 64 heavy (non-hydrogen) atoms. The van der Waals surface area contributed by atoms with Crippen molar-refractivity contribution < 1.29 is 4.42 Å². The fraction of sp³-hybridized carbons (Fsp3) is 0.467. The third-order valence-electron chi connectivity index (χ3n) is 16.5. The first-order chi connectivity index (χ1) is 29.6. The summed E-state index contributed by atoms with van der Waals surface area (Å²) in [5, 5.41) is 1.25. The Morgan fingerprint density at radius 2 is 0.922 bits per heavy atom. The Balaban J connectivity index is 1.36. The van der Waals surface area contributed by atoms with Crippen molar-refractivity contribution in [2.24, 2.45) is 0 Å². The van der Waals surface area contributed by atoms with E-state index in [-0.39, 0.29) is 44.6 Å². The van der Waals surface area contributed by atoms with Gasteiger partial charge in [0.05, 0.1) is 0 Å². The van der Waals surface area contributed by atoms with Crippen molar-refractivity contribution in [3.8, 4) is 0 Å². The lowest BCUT2D eigenvalue weighted by molar-refractivity contribution is 0.332. The minimum absolute atomic E-state index is 0.0339. The lowest BCUT2D eigenvalue weighted by Crippen LogP contribution is -2.61. The van der Waals surface area contributed by atoms with Gasteiger partial charge in [0, 0.05) is 39.3 Å². The minimum Gasteiger partial charge on any atom is -0.440 e. The highest BCUT2D eigenvalue weighted by Gasteiger charge is 2.49. The Morgan fingerprint density at radius 1 is 0.438 bits per heavy atom. The smallest absolute Gasteiger partial charge is 0.257 e. The molecule has 3 nitrogen and oxygen atoms in total. The second-order valence-electron chi connectivity index (χ2n) is 26.1. The fourth-order valence-corrected chi connectivity index (χ4v) is 11.8. The van der Waals surface area contributed by atoms with Crippen LogP contribution in [-0.4, -0.2) is 6.71 Å². The van der Waals surface area contributed by atoms with Crippen LogP contribution in [0.3, 0.4) is 0 Å². The van der Waals surface area contributed by atoms with E-state index in [0.29, 0.717) is 0 Å². The maximum Gasteiger partial charge on any atom is 0.257 e. The van der Waals surface area contributed by atoms with Crippen LogP contribution in [0, 0.1) is 0 Å². The van der Waals surface area contributed by atoms with Crippen molar-refractivity contribution in [1.29, 1.82) is 0 Å². The van der Waals surface area contributed by atoms with E-state index in [9.17, 15) is 0 Å². The lowest BCUT2D eigenvalue weighted by atomic mass is 9.33. The van der Waals surface area contributed by atoms with Crippen molar-refractivity contribution in [1.82, 2.24) is 0 Å². The van der Waals surface area contributed by atoms with E-state index in [1.165, 1.54) is 102 Å². The van der Waals surface area contributed by atoms with Gasteiger partial charge in [0.25, 0.3) is 6.71 Å². The number of anilines is 6. The van der Waals surface area contributed by atoms with Crippen LogP contribution < -0.4 is 26.2 Å². The summed E-state index contributed by atoms with van der Waals surface area (Å²) in [6, 6.07) is 34.3. The van der Waals surface area contributed by atoms with E-state index >= 15 is 0 Å². The molecule has 0 spiro atoms. The van der Waals surface area contributed by atoms with Crippen LogP contribution in [-0.2, 0) is 37.9 Å². The van der Waals surface area contributed by atoms with Crippen molar-refractivity contribution in [2.45, 2.75) is 181 Å². The number of furan rings is 1. The SMILES string of the molecule is CC(C)(C)c1ccc(N2c3ccc(C(C)(C)C)cc3B3c4c2cc(C(C)(C)C)cc4N(c2ccc4c(c2)C(C)(C)CCC4(C)C)c2oc4cc5c(cc4c23)C(C)(C)CCC5(C)C)cc1. The molecule has 0 atom stereocenters. The van der Waals surface area contributed by atoms with Gasteiger partial charge in [-0.25, -0.2) is 0 Å².